The lowest BCUT2D eigenvalue weighted by Crippen LogP contribution is -2.48. The summed E-state index contributed by atoms with van der Waals surface area (Å²) in [5.74, 6) is 2.39. The first kappa shape index (κ1) is 19.1. The van der Waals surface area contributed by atoms with E-state index in [4.69, 9.17) is 0 Å². The largest absolute Gasteiger partial charge is 0.362 e. The number of thioether (sulfide) groups is 2. The first-order valence-electron chi connectivity index (χ1n) is 9.24. The van der Waals surface area contributed by atoms with E-state index in [0.717, 1.165) is 0 Å². The Balaban J connectivity index is 1.40. The van der Waals surface area contributed by atoms with Crippen molar-refractivity contribution in [3.63, 3.8) is 0 Å². The molecule has 4 rings (SSSR count). The molecule has 0 aliphatic carbocycles. The molecular weight excluding hydrogens is 394 g/mol. The van der Waals surface area contributed by atoms with Gasteiger partial charge in [0.1, 0.15) is 5.69 Å². The summed E-state index contributed by atoms with van der Waals surface area (Å²) in [5.41, 5.74) is 2.71. The Bertz CT molecular complexity index is 861. The van der Waals surface area contributed by atoms with Crippen LogP contribution in [-0.2, 0) is 0 Å². The highest BCUT2D eigenvalue weighted by molar-refractivity contribution is 8.19. The molecular formula is C20H21N3O3S2. The molecule has 8 heteroatoms. The van der Waals surface area contributed by atoms with E-state index in [2.05, 4.69) is 12.1 Å². The van der Waals surface area contributed by atoms with Crippen LogP contribution < -0.4 is 4.90 Å². The molecule has 0 unspecified atom stereocenters. The van der Waals surface area contributed by atoms with Crippen molar-refractivity contribution in [2.24, 2.45) is 0 Å². The highest BCUT2D eigenvalue weighted by Gasteiger charge is 2.26. The van der Waals surface area contributed by atoms with Crippen LogP contribution in [0.3, 0.4) is 0 Å². The van der Waals surface area contributed by atoms with E-state index in [0.29, 0.717) is 42.0 Å². The number of carbonyl (C=O) groups is 1. The molecule has 2 aromatic rings. The fraction of sp³-hybridized carbons (Fsp3) is 0.350. The molecule has 2 aromatic carbocycles. The number of anilines is 1. The number of benzene rings is 2. The zero-order valence-electron chi connectivity index (χ0n) is 15.3. The molecule has 2 fully saturated rings. The number of hydrogen-bond donors (Lipinski definition) is 0. The Morgan fingerprint density at radius 3 is 2.25 bits per heavy atom. The SMILES string of the molecule is O=C(c1ccc(C2SCCS2)cc1)N1CCN(c2ccccc2[N+](=O)[O-])CC1. The lowest BCUT2D eigenvalue weighted by molar-refractivity contribution is -0.384. The van der Waals surface area contributed by atoms with Crippen LogP contribution in [0.15, 0.2) is 48.5 Å². The number of carbonyl (C=O) groups excluding carboxylic acids is 1. The van der Waals surface area contributed by atoms with Crippen molar-refractivity contribution in [2.45, 2.75) is 4.58 Å². The summed E-state index contributed by atoms with van der Waals surface area (Å²) >= 11 is 3.91. The monoisotopic (exact) mass is 415 g/mol. The summed E-state index contributed by atoms with van der Waals surface area (Å²) < 4.78 is 0.481. The zero-order chi connectivity index (χ0) is 19.5. The molecule has 2 heterocycles. The average molecular weight is 416 g/mol. The summed E-state index contributed by atoms with van der Waals surface area (Å²) in [4.78, 5) is 27.6. The van der Waals surface area contributed by atoms with Gasteiger partial charge in [-0.05, 0) is 23.8 Å². The third kappa shape index (κ3) is 3.98. The van der Waals surface area contributed by atoms with Gasteiger partial charge in [-0.2, -0.15) is 0 Å². The quantitative estimate of drug-likeness (QED) is 0.555. The molecule has 6 nitrogen and oxygen atoms in total. The second-order valence-corrected chi connectivity index (χ2v) is 9.44. The van der Waals surface area contributed by atoms with Crippen LogP contribution in [-0.4, -0.2) is 53.4 Å². The number of piperazine rings is 1. The molecule has 146 valence electrons. The van der Waals surface area contributed by atoms with Gasteiger partial charge >= 0.3 is 0 Å². The molecule has 1 amide bonds. The Hall–Kier alpha value is -2.19. The molecule has 2 aliphatic rings. The maximum absolute atomic E-state index is 12.8. The minimum Gasteiger partial charge on any atom is -0.362 e. The molecule has 0 spiro atoms. The molecule has 0 bridgehead atoms. The number of para-hydroxylation sites is 2. The highest BCUT2D eigenvalue weighted by atomic mass is 32.2. The van der Waals surface area contributed by atoms with Gasteiger partial charge in [0.2, 0.25) is 0 Å². The fourth-order valence-corrected chi connectivity index (χ4v) is 6.41. The van der Waals surface area contributed by atoms with Gasteiger partial charge in [0.05, 0.1) is 9.51 Å². The van der Waals surface area contributed by atoms with Gasteiger partial charge in [-0.25, -0.2) is 0 Å². The van der Waals surface area contributed by atoms with Crippen LogP contribution >= 0.6 is 23.5 Å². The van der Waals surface area contributed by atoms with Gasteiger partial charge < -0.3 is 9.80 Å². The third-order valence-electron chi connectivity index (χ3n) is 5.04. The predicted octanol–water partition coefficient (Wildman–Crippen LogP) is 4.04. The lowest BCUT2D eigenvalue weighted by Gasteiger charge is -2.35. The maximum atomic E-state index is 12.8. The van der Waals surface area contributed by atoms with Crippen LogP contribution in [0.5, 0.6) is 0 Å². The van der Waals surface area contributed by atoms with E-state index >= 15 is 0 Å². The first-order valence-corrected chi connectivity index (χ1v) is 11.3. The van der Waals surface area contributed by atoms with Crippen LogP contribution in [0.4, 0.5) is 11.4 Å². The van der Waals surface area contributed by atoms with Gasteiger partial charge in [-0.15, -0.1) is 23.5 Å². The standard InChI is InChI=1S/C20H21N3O3S2/c24-19(15-5-7-16(8-6-15)20-27-13-14-28-20)22-11-9-21(10-12-22)17-3-1-2-4-18(17)23(25)26/h1-8,20H,9-14H2. The highest BCUT2D eigenvalue weighted by Crippen LogP contribution is 2.45. The lowest BCUT2D eigenvalue weighted by atomic mass is 10.1. The van der Waals surface area contributed by atoms with E-state index in [1.165, 1.54) is 23.1 Å². The smallest absolute Gasteiger partial charge is 0.292 e. The van der Waals surface area contributed by atoms with Crippen molar-refractivity contribution >= 4 is 40.8 Å². The number of amides is 1. The van der Waals surface area contributed by atoms with Crippen molar-refractivity contribution in [1.82, 2.24) is 4.90 Å². The normalized spacial score (nSPS) is 17.7. The molecule has 28 heavy (non-hydrogen) atoms. The van der Waals surface area contributed by atoms with Crippen LogP contribution in [0.2, 0.25) is 0 Å². The zero-order valence-corrected chi connectivity index (χ0v) is 17.0. The van der Waals surface area contributed by atoms with Gasteiger partial charge in [-0.1, -0.05) is 24.3 Å². The molecule has 0 N–H and O–H groups in total. The molecule has 0 atom stereocenters. The number of nitro groups is 1. The van der Waals surface area contributed by atoms with Gasteiger partial charge in [0.15, 0.2) is 0 Å². The van der Waals surface area contributed by atoms with E-state index in [9.17, 15) is 14.9 Å². The topological polar surface area (TPSA) is 66.7 Å². The number of hydrogen-bond acceptors (Lipinski definition) is 6. The predicted molar refractivity (Wildman–Crippen MR) is 115 cm³/mol. The van der Waals surface area contributed by atoms with Crippen LogP contribution in [0.25, 0.3) is 0 Å². The second-order valence-electron chi connectivity index (χ2n) is 6.72. The summed E-state index contributed by atoms with van der Waals surface area (Å²) in [5, 5.41) is 11.3. The first-order chi connectivity index (χ1) is 13.6. The number of rotatable bonds is 4. The van der Waals surface area contributed by atoms with Gasteiger partial charge in [-0.3, -0.25) is 14.9 Å². The summed E-state index contributed by atoms with van der Waals surface area (Å²) in [6, 6.07) is 14.7. The van der Waals surface area contributed by atoms with Gasteiger partial charge in [0.25, 0.3) is 11.6 Å². The number of nitro benzene ring substituents is 1. The average Bonchev–Trinajstić information content (AvgIpc) is 3.28. The summed E-state index contributed by atoms with van der Waals surface area (Å²) in [7, 11) is 0. The van der Waals surface area contributed by atoms with E-state index in [-0.39, 0.29) is 16.5 Å². The summed E-state index contributed by atoms with van der Waals surface area (Å²) in [6.07, 6.45) is 0. The van der Waals surface area contributed by atoms with Crippen molar-refractivity contribution in [3.8, 4) is 0 Å². The van der Waals surface area contributed by atoms with Crippen LogP contribution in [0.1, 0.15) is 20.5 Å². The fourth-order valence-electron chi connectivity index (χ4n) is 3.55. The Morgan fingerprint density at radius 2 is 1.61 bits per heavy atom. The molecule has 2 saturated heterocycles. The number of nitrogens with zero attached hydrogens (tertiary/aromatic N) is 3. The maximum Gasteiger partial charge on any atom is 0.292 e. The molecule has 2 aliphatic heterocycles. The Labute approximate surface area is 172 Å². The van der Waals surface area contributed by atoms with Crippen molar-refractivity contribution in [1.29, 1.82) is 0 Å². The Kier molecular flexibility index (Phi) is 5.77. The molecule has 0 saturated carbocycles. The van der Waals surface area contributed by atoms with Crippen molar-refractivity contribution in [2.75, 3.05) is 42.6 Å². The van der Waals surface area contributed by atoms with Crippen molar-refractivity contribution < 1.29 is 9.72 Å². The minimum absolute atomic E-state index is 0.0282. The molecule has 0 radical (unpaired) electrons. The minimum atomic E-state index is -0.352. The van der Waals surface area contributed by atoms with E-state index in [1.807, 2.05) is 51.5 Å². The van der Waals surface area contributed by atoms with Crippen LogP contribution in [0, 0.1) is 10.1 Å². The van der Waals surface area contributed by atoms with Gasteiger partial charge in [0, 0.05) is 49.3 Å². The van der Waals surface area contributed by atoms with E-state index in [1.54, 1.807) is 12.1 Å². The third-order valence-corrected chi connectivity index (χ3v) is 8.14. The van der Waals surface area contributed by atoms with Crippen molar-refractivity contribution in [3.05, 3.63) is 69.8 Å². The second kappa shape index (κ2) is 8.45. The van der Waals surface area contributed by atoms with E-state index < -0.39 is 0 Å². The molecule has 0 aromatic heterocycles. The summed E-state index contributed by atoms with van der Waals surface area (Å²) in [6.45, 7) is 2.29. The Morgan fingerprint density at radius 1 is 0.964 bits per heavy atom.